The van der Waals surface area contributed by atoms with E-state index in [2.05, 4.69) is 36.2 Å². The number of anilines is 1. The Hall–Kier alpha value is -3.11. The van der Waals surface area contributed by atoms with E-state index in [-0.39, 0.29) is 30.4 Å². The van der Waals surface area contributed by atoms with Gasteiger partial charge in [0.15, 0.2) is 5.82 Å². The first-order chi connectivity index (χ1) is 16.0. The van der Waals surface area contributed by atoms with Crippen LogP contribution in [0.1, 0.15) is 30.1 Å². The van der Waals surface area contributed by atoms with Crippen molar-refractivity contribution < 1.29 is 17.9 Å². The van der Waals surface area contributed by atoms with Crippen molar-refractivity contribution in [2.75, 3.05) is 11.9 Å². The maximum atomic E-state index is 12.8. The number of halogens is 3. The molecule has 3 fully saturated rings. The Balaban J connectivity index is 1.16. The SMILES string of the molecule is FC(F)(F)c1cnc(NC2CC3CC2N(C2OC2c2ccccc2-c2ncccn2)C3)nc1. The molecule has 0 radical (unpaired) electrons. The molecule has 33 heavy (non-hydrogen) atoms. The van der Waals surface area contributed by atoms with Crippen LogP contribution in [0, 0.1) is 5.92 Å². The highest BCUT2D eigenvalue weighted by molar-refractivity contribution is 5.61. The van der Waals surface area contributed by atoms with Gasteiger partial charge in [-0.1, -0.05) is 24.3 Å². The van der Waals surface area contributed by atoms with Crippen molar-refractivity contribution in [1.29, 1.82) is 0 Å². The summed E-state index contributed by atoms with van der Waals surface area (Å²) < 4.78 is 44.5. The fraction of sp³-hybridized carbons (Fsp3) is 0.391. The predicted molar refractivity (Wildman–Crippen MR) is 113 cm³/mol. The van der Waals surface area contributed by atoms with Crippen LogP contribution in [-0.4, -0.2) is 49.7 Å². The summed E-state index contributed by atoms with van der Waals surface area (Å²) in [5, 5.41) is 3.25. The first-order valence-corrected chi connectivity index (χ1v) is 10.9. The van der Waals surface area contributed by atoms with Crippen LogP contribution in [0.5, 0.6) is 0 Å². The van der Waals surface area contributed by atoms with E-state index in [1.54, 1.807) is 18.5 Å². The first kappa shape index (κ1) is 20.5. The van der Waals surface area contributed by atoms with E-state index in [0.29, 0.717) is 11.7 Å². The molecule has 6 rings (SSSR count). The third-order valence-electron chi connectivity index (χ3n) is 6.68. The van der Waals surface area contributed by atoms with E-state index in [4.69, 9.17) is 4.74 Å². The third-order valence-corrected chi connectivity index (χ3v) is 6.68. The summed E-state index contributed by atoms with van der Waals surface area (Å²) in [6.07, 6.45) is 2.51. The van der Waals surface area contributed by atoms with Gasteiger partial charge in [-0.25, -0.2) is 19.9 Å². The second-order valence-corrected chi connectivity index (χ2v) is 8.75. The van der Waals surface area contributed by atoms with Gasteiger partial charge in [0.05, 0.1) is 5.56 Å². The number of piperidine rings is 1. The largest absolute Gasteiger partial charge is 0.419 e. The summed E-state index contributed by atoms with van der Waals surface area (Å²) >= 11 is 0. The van der Waals surface area contributed by atoms with Gasteiger partial charge >= 0.3 is 6.18 Å². The second-order valence-electron chi connectivity index (χ2n) is 8.75. The van der Waals surface area contributed by atoms with Gasteiger partial charge in [-0.15, -0.1) is 0 Å². The topological polar surface area (TPSA) is 79.4 Å². The number of benzene rings is 1. The Morgan fingerprint density at radius 2 is 1.73 bits per heavy atom. The van der Waals surface area contributed by atoms with Gasteiger partial charge in [-0.05, 0) is 30.4 Å². The number of hydrogen-bond donors (Lipinski definition) is 1. The number of hydrogen-bond acceptors (Lipinski definition) is 7. The molecule has 3 aliphatic rings. The molecule has 10 heteroatoms. The number of nitrogens with one attached hydrogen (secondary N) is 1. The van der Waals surface area contributed by atoms with Crippen LogP contribution in [0.2, 0.25) is 0 Å². The van der Waals surface area contributed by atoms with Gasteiger partial charge in [0.1, 0.15) is 12.3 Å². The molecule has 1 N–H and O–H groups in total. The molecule has 170 valence electrons. The fourth-order valence-electron chi connectivity index (χ4n) is 5.20. The van der Waals surface area contributed by atoms with Gasteiger partial charge in [0.2, 0.25) is 5.95 Å². The van der Waals surface area contributed by atoms with E-state index in [1.165, 1.54) is 0 Å². The molecule has 1 saturated carbocycles. The van der Waals surface area contributed by atoms with Crippen molar-refractivity contribution in [3.05, 3.63) is 66.2 Å². The van der Waals surface area contributed by atoms with Crippen molar-refractivity contribution in [2.24, 2.45) is 5.92 Å². The maximum absolute atomic E-state index is 12.8. The minimum absolute atomic E-state index is 0.0389. The normalized spacial score (nSPS) is 28.8. The van der Waals surface area contributed by atoms with Crippen molar-refractivity contribution in [2.45, 2.75) is 43.4 Å². The molecular weight excluding hydrogens is 433 g/mol. The van der Waals surface area contributed by atoms with Crippen LogP contribution in [0.25, 0.3) is 11.4 Å². The molecule has 2 aromatic heterocycles. The number of nitrogens with zero attached hydrogens (tertiary/aromatic N) is 5. The van der Waals surface area contributed by atoms with Gasteiger partial charge in [0.25, 0.3) is 0 Å². The van der Waals surface area contributed by atoms with Crippen molar-refractivity contribution in [3.8, 4) is 11.4 Å². The smallest absolute Gasteiger partial charge is 0.350 e. The summed E-state index contributed by atoms with van der Waals surface area (Å²) in [5.41, 5.74) is 1.17. The van der Waals surface area contributed by atoms with Crippen molar-refractivity contribution in [3.63, 3.8) is 0 Å². The summed E-state index contributed by atoms with van der Waals surface area (Å²) in [6, 6.07) is 10.1. The lowest BCUT2D eigenvalue weighted by Gasteiger charge is -2.32. The zero-order valence-corrected chi connectivity index (χ0v) is 17.5. The summed E-state index contributed by atoms with van der Waals surface area (Å²) in [5.74, 6) is 1.41. The number of alkyl halides is 3. The quantitative estimate of drug-likeness (QED) is 0.586. The van der Waals surface area contributed by atoms with Crippen LogP contribution in [-0.2, 0) is 10.9 Å². The van der Waals surface area contributed by atoms with E-state index in [9.17, 15) is 13.2 Å². The monoisotopic (exact) mass is 454 g/mol. The standard InChI is InChI=1S/C23H21F3N6O/c24-23(25,26)14-10-29-22(30-11-14)31-17-8-13-9-18(17)32(12-13)21-19(33-21)15-4-1-2-5-16(15)20-27-6-3-7-28-20/h1-7,10-11,13,17-19,21H,8-9,12H2,(H,29,30,31). The Bertz CT molecular complexity index is 1140. The van der Waals surface area contributed by atoms with Gasteiger partial charge in [0, 0.05) is 49.0 Å². The Morgan fingerprint density at radius 1 is 0.970 bits per heavy atom. The van der Waals surface area contributed by atoms with Crippen LogP contribution in [0.15, 0.2) is 55.1 Å². The average Bonchev–Trinajstić information content (AvgIpc) is 3.38. The van der Waals surface area contributed by atoms with Crippen LogP contribution >= 0.6 is 0 Å². The lowest BCUT2D eigenvalue weighted by Crippen LogP contribution is -2.46. The molecule has 5 atom stereocenters. The molecule has 2 aliphatic heterocycles. The highest BCUT2D eigenvalue weighted by atomic mass is 19.4. The van der Waals surface area contributed by atoms with Crippen LogP contribution in [0.3, 0.4) is 0 Å². The zero-order valence-electron chi connectivity index (χ0n) is 17.5. The number of ether oxygens (including phenoxy) is 1. The molecule has 5 unspecified atom stereocenters. The second kappa shape index (κ2) is 7.74. The van der Waals surface area contributed by atoms with Crippen molar-refractivity contribution in [1.82, 2.24) is 24.8 Å². The van der Waals surface area contributed by atoms with Crippen molar-refractivity contribution >= 4 is 5.95 Å². The average molecular weight is 454 g/mol. The molecule has 2 saturated heterocycles. The highest BCUT2D eigenvalue weighted by Crippen LogP contribution is 2.50. The summed E-state index contributed by atoms with van der Waals surface area (Å²) in [7, 11) is 0. The number of likely N-dealkylation sites (tertiary alicyclic amines) is 1. The number of rotatable bonds is 5. The van der Waals surface area contributed by atoms with Crippen LogP contribution < -0.4 is 5.32 Å². The highest BCUT2D eigenvalue weighted by Gasteiger charge is 2.55. The summed E-state index contributed by atoms with van der Waals surface area (Å²) in [4.78, 5) is 18.9. The molecule has 0 amide bonds. The first-order valence-electron chi connectivity index (χ1n) is 10.9. The predicted octanol–water partition coefficient (Wildman–Crippen LogP) is 3.92. The van der Waals surface area contributed by atoms with E-state index < -0.39 is 11.7 Å². The molecule has 1 aliphatic carbocycles. The van der Waals surface area contributed by atoms with Crippen LogP contribution in [0.4, 0.5) is 19.1 Å². The van der Waals surface area contributed by atoms with Gasteiger partial charge in [-0.2, -0.15) is 13.2 Å². The molecule has 7 nitrogen and oxygen atoms in total. The molecule has 4 heterocycles. The van der Waals surface area contributed by atoms with E-state index >= 15 is 0 Å². The lowest BCUT2D eigenvalue weighted by molar-refractivity contribution is -0.138. The molecule has 0 spiro atoms. The third kappa shape index (κ3) is 3.83. The lowest BCUT2D eigenvalue weighted by atomic mass is 10.0. The minimum Gasteiger partial charge on any atom is -0.350 e. The number of epoxide rings is 1. The molecule has 2 bridgehead atoms. The number of fused-ring (bicyclic) bond motifs is 2. The van der Waals surface area contributed by atoms with E-state index in [0.717, 1.165) is 42.9 Å². The fourth-order valence-corrected chi connectivity index (χ4v) is 5.20. The number of aromatic nitrogens is 4. The Kier molecular flexibility index (Phi) is 4.81. The molecule has 1 aromatic carbocycles. The molecule has 3 aromatic rings. The van der Waals surface area contributed by atoms with E-state index in [1.807, 2.05) is 18.2 Å². The molecular formula is C23H21F3N6O. The van der Waals surface area contributed by atoms with Gasteiger partial charge in [-0.3, -0.25) is 4.90 Å². The maximum Gasteiger partial charge on any atom is 0.419 e. The Labute approximate surface area is 188 Å². The summed E-state index contributed by atoms with van der Waals surface area (Å²) in [6.45, 7) is 0.946. The Morgan fingerprint density at radius 3 is 2.45 bits per heavy atom. The zero-order chi connectivity index (χ0) is 22.6. The van der Waals surface area contributed by atoms with Gasteiger partial charge < -0.3 is 10.1 Å². The minimum atomic E-state index is -4.44.